The van der Waals surface area contributed by atoms with Crippen LogP contribution in [0.15, 0.2) is 36.8 Å². The van der Waals surface area contributed by atoms with E-state index in [1.165, 1.54) is 5.56 Å². The molecule has 0 bridgehead atoms. The highest BCUT2D eigenvalue weighted by Gasteiger charge is 2.04. The third-order valence-electron chi connectivity index (χ3n) is 2.87. The van der Waals surface area contributed by atoms with E-state index >= 15 is 0 Å². The van der Waals surface area contributed by atoms with E-state index in [-0.39, 0.29) is 0 Å². The highest BCUT2D eigenvalue weighted by Crippen LogP contribution is 2.12. The largest absolute Gasteiger partial charge is 0.349 e. The normalized spacial score (nSPS) is 10.8. The lowest BCUT2D eigenvalue weighted by Gasteiger charge is -2.04. The first-order valence-corrected chi connectivity index (χ1v) is 6.25. The van der Waals surface area contributed by atoms with E-state index in [9.17, 15) is 0 Å². The molecule has 3 rings (SSSR count). The van der Waals surface area contributed by atoms with E-state index in [4.69, 9.17) is 11.6 Å². The Bertz CT molecular complexity index is 722. The van der Waals surface area contributed by atoms with Crippen molar-refractivity contribution in [3.63, 3.8) is 0 Å². The van der Waals surface area contributed by atoms with E-state index in [1.54, 1.807) is 23.0 Å². The van der Waals surface area contributed by atoms with Crippen LogP contribution in [0.1, 0.15) is 11.1 Å². The fourth-order valence-corrected chi connectivity index (χ4v) is 1.96. The van der Waals surface area contributed by atoms with Crippen molar-refractivity contribution in [1.82, 2.24) is 19.6 Å². The van der Waals surface area contributed by atoms with Crippen molar-refractivity contribution in [2.24, 2.45) is 0 Å². The van der Waals surface area contributed by atoms with Crippen LogP contribution in [-0.4, -0.2) is 19.6 Å². The monoisotopic (exact) mass is 273 g/mol. The Kier molecular flexibility index (Phi) is 3.05. The summed E-state index contributed by atoms with van der Waals surface area (Å²) in [6.45, 7) is 2.69. The lowest BCUT2D eigenvalue weighted by atomic mass is 10.1. The molecule has 0 aromatic carbocycles. The third kappa shape index (κ3) is 2.51. The summed E-state index contributed by atoms with van der Waals surface area (Å²) in [5.74, 6) is 0.582. The molecule has 0 saturated heterocycles. The molecule has 19 heavy (non-hydrogen) atoms. The molecule has 0 amide bonds. The number of aromatic nitrogens is 4. The number of halogens is 1. The Labute approximate surface area is 115 Å². The molecule has 6 heteroatoms. The van der Waals surface area contributed by atoms with Gasteiger partial charge >= 0.3 is 0 Å². The van der Waals surface area contributed by atoms with Gasteiger partial charge in [-0.1, -0.05) is 11.6 Å². The number of aryl methyl sites for hydroxylation is 1. The SMILES string of the molecule is Cc1cnccc1CNc1nc2ccc(Cl)cn2n1. The van der Waals surface area contributed by atoms with Gasteiger partial charge in [0.2, 0.25) is 5.95 Å². The summed E-state index contributed by atoms with van der Waals surface area (Å²) >= 11 is 5.91. The molecule has 1 N–H and O–H groups in total. The van der Waals surface area contributed by atoms with Crippen molar-refractivity contribution in [1.29, 1.82) is 0 Å². The minimum Gasteiger partial charge on any atom is -0.349 e. The summed E-state index contributed by atoms with van der Waals surface area (Å²) < 4.78 is 1.66. The predicted molar refractivity (Wildman–Crippen MR) is 74.3 cm³/mol. The molecule has 3 heterocycles. The van der Waals surface area contributed by atoms with Gasteiger partial charge in [-0.15, -0.1) is 5.10 Å². The Morgan fingerprint density at radius 3 is 3.05 bits per heavy atom. The topological polar surface area (TPSA) is 55.1 Å². The fourth-order valence-electron chi connectivity index (χ4n) is 1.81. The van der Waals surface area contributed by atoms with Crippen molar-refractivity contribution in [3.05, 3.63) is 52.9 Å². The maximum Gasteiger partial charge on any atom is 0.243 e. The zero-order chi connectivity index (χ0) is 13.2. The van der Waals surface area contributed by atoms with Crippen molar-refractivity contribution in [3.8, 4) is 0 Å². The number of pyridine rings is 2. The Morgan fingerprint density at radius 2 is 2.21 bits per heavy atom. The number of nitrogens with zero attached hydrogens (tertiary/aromatic N) is 4. The van der Waals surface area contributed by atoms with Gasteiger partial charge in [-0.2, -0.15) is 4.98 Å². The van der Waals surface area contributed by atoms with Crippen LogP contribution in [0, 0.1) is 6.92 Å². The summed E-state index contributed by atoms with van der Waals surface area (Å²) in [6, 6.07) is 5.61. The van der Waals surface area contributed by atoms with Crippen LogP contribution in [0.25, 0.3) is 5.65 Å². The molecule has 0 atom stereocenters. The number of rotatable bonds is 3. The molecular formula is C13H12ClN5. The number of hydrogen-bond acceptors (Lipinski definition) is 4. The molecule has 0 fully saturated rings. The molecule has 3 aromatic heterocycles. The van der Waals surface area contributed by atoms with Crippen molar-refractivity contribution in [2.45, 2.75) is 13.5 Å². The van der Waals surface area contributed by atoms with Crippen molar-refractivity contribution < 1.29 is 0 Å². The minimum atomic E-state index is 0.582. The van der Waals surface area contributed by atoms with Gasteiger partial charge in [-0.25, -0.2) is 4.52 Å². The Hall–Kier alpha value is -2.14. The zero-order valence-electron chi connectivity index (χ0n) is 10.3. The second-order valence-corrected chi connectivity index (χ2v) is 4.68. The molecule has 0 aliphatic carbocycles. The van der Waals surface area contributed by atoms with Crippen LogP contribution < -0.4 is 5.32 Å². The highest BCUT2D eigenvalue weighted by atomic mass is 35.5. The smallest absolute Gasteiger partial charge is 0.243 e. The van der Waals surface area contributed by atoms with Gasteiger partial charge in [0.25, 0.3) is 0 Å². The standard InChI is InChI=1S/C13H12ClN5/c1-9-6-15-5-4-10(9)7-16-13-17-12-3-2-11(14)8-19(12)18-13/h2-6,8H,7H2,1H3,(H,16,18). The van der Waals surface area contributed by atoms with Gasteiger partial charge in [-0.05, 0) is 36.2 Å². The molecule has 0 saturated carbocycles. The van der Waals surface area contributed by atoms with E-state index < -0.39 is 0 Å². The van der Waals surface area contributed by atoms with Gasteiger partial charge in [0.1, 0.15) is 0 Å². The van der Waals surface area contributed by atoms with Crippen molar-refractivity contribution in [2.75, 3.05) is 5.32 Å². The first kappa shape index (κ1) is 11.9. The first-order valence-electron chi connectivity index (χ1n) is 5.88. The van der Waals surface area contributed by atoms with E-state index in [0.29, 0.717) is 17.5 Å². The number of anilines is 1. The van der Waals surface area contributed by atoms with Gasteiger partial charge in [0.05, 0.1) is 5.02 Å². The summed E-state index contributed by atoms with van der Waals surface area (Å²) in [5, 5.41) is 8.14. The van der Waals surface area contributed by atoms with Gasteiger partial charge < -0.3 is 5.32 Å². The number of nitrogens with one attached hydrogen (secondary N) is 1. The predicted octanol–water partition coefficient (Wildman–Crippen LogP) is 2.70. The maximum absolute atomic E-state index is 5.91. The summed E-state index contributed by atoms with van der Waals surface area (Å²) in [6.07, 6.45) is 5.35. The van der Waals surface area contributed by atoms with Crippen LogP contribution in [0.3, 0.4) is 0 Å². The van der Waals surface area contributed by atoms with E-state index in [2.05, 4.69) is 20.4 Å². The summed E-state index contributed by atoms with van der Waals surface area (Å²) in [7, 11) is 0. The molecular weight excluding hydrogens is 262 g/mol. The molecule has 0 spiro atoms. The summed E-state index contributed by atoms with van der Waals surface area (Å²) in [5.41, 5.74) is 3.08. The van der Waals surface area contributed by atoms with Crippen LogP contribution >= 0.6 is 11.6 Å². The molecule has 0 aliphatic heterocycles. The average Bonchev–Trinajstić information content (AvgIpc) is 2.79. The first-order chi connectivity index (χ1) is 9.22. The highest BCUT2D eigenvalue weighted by molar-refractivity contribution is 6.30. The maximum atomic E-state index is 5.91. The van der Waals surface area contributed by atoms with E-state index in [1.807, 2.05) is 25.3 Å². The fraction of sp³-hybridized carbons (Fsp3) is 0.154. The second kappa shape index (κ2) is 4.85. The molecule has 3 aromatic rings. The third-order valence-corrected chi connectivity index (χ3v) is 3.09. The van der Waals surface area contributed by atoms with Gasteiger partial charge in [-0.3, -0.25) is 4.98 Å². The number of fused-ring (bicyclic) bond motifs is 1. The molecule has 0 unspecified atom stereocenters. The Balaban J connectivity index is 1.80. The lowest BCUT2D eigenvalue weighted by Crippen LogP contribution is -2.03. The second-order valence-electron chi connectivity index (χ2n) is 4.24. The number of hydrogen-bond donors (Lipinski definition) is 1. The van der Waals surface area contributed by atoms with Crippen molar-refractivity contribution >= 4 is 23.2 Å². The van der Waals surface area contributed by atoms with Crippen LogP contribution in [0.5, 0.6) is 0 Å². The molecule has 0 aliphatic rings. The quantitative estimate of drug-likeness (QED) is 0.797. The van der Waals surface area contributed by atoms with Crippen LogP contribution in [0.4, 0.5) is 5.95 Å². The molecule has 96 valence electrons. The van der Waals surface area contributed by atoms with Gasteiger partial charge in [0.15, 0.2) is 5.65 Å². The summed E-state index contributed by atoms with van der Waals surface area (Å²) in [4.78, 5) is 8.43. The van der Waals surface area contributed by atoms with Crippen LogP contribution in [0.2, 0.25) is 5.02 Å². The Morgan fingerprint density at radius 1 is 1.32 bits per heavy atom. The minimum absolute atomic E-state index is 0.582. The lowest BCUT2D eigenvalue weighted by molar-refractivity contribution is 0.948. The molecule has 5 nitrogen and oxygen atoms in total. The van der Waals surface area contributed by atoms with E-state index in [0.717, 1.165) is 11.2 Å². The van der Waals surface area contributed by atoms with Gasteiger partial charge in [0, 0.05) is 25.1 Å². The molecule has 0 radical (unpaired) electrons. The van der Waals surface area contributed by atoms with Crippen LogP contribution in [-0.2, 0) is 6.54 Å². The zero-order valence-corrected chi connectivity index (χ0v) is 11.1. The average molecular weight is 274 g/mol.